The Hall–Kier alpha value is -1.03. The summed E-state index contributed by atoms with van der Waals surface area (Å²) >= 11 is 5.72. The number of hydrogen-bond acceptors (Lipinski definition) is 4. The third-order valence-electron chi connectivity index (χ3n) is 1.95. The Morgan fingerprint density at radius 2 is 2.06 bits per heavy atom. The monoisotopic (exact) mass is 291 g/mol. The number of carbonyl (C=O) groups is 1. The smallest absolute Gasteiger partial charge is 0.409 e. The minimum Gasteiger partial charge on any atom is -0.465 e. The highest BCUT2D eigenvalue weighted by molar-refractivity contribution is 7.84. The van der Waals surface area contributed by atoms with Crippen molar-refractivity contribution in [1.82, 2.24) is 5.09 Å². The molecular formula is C11H15ClNO4P. The van der Waals surface area contributed by atoms with Gasteiger partial charge in [0.2, 0.25) is 0 Å². The highest BCUT2D eigenvalue weighted by Crippen LogP contribution is 2.48. The molecule has 7 heteroatoms. The molecule has 0 unspecified atom stereocenters. The van der Waals surface area contributed by atoms with Crippen molar-refractivity contribution in [3.05, 3.63) is 30.3 Å². The molecule has 0 aliphatic carbocycles. The standard InChI is InChI=1S/C11H15ClNO4P/c1-3-16-11(14)9(2)13-18(12,15)17-10-7-5-4-6-8-10/h4-9H,3H2,1-2H3,(H,13,15)/t9-,18-/m0/s1. The van der Waals surface area contributed by atoms with Gasteiger partial charge in [-0.2, -0.15) is 0 Å². The Labute approximate surface area is 111 Å². The normalized spacial score (nSPS) is 15.5. The van der Waals surface area contributed by atoms with Gasteiger partial charge in [0.15, 0.2) is 0 Å². The number of benzene rings is 1. The van der Waals surface area contributed by atoms with Gasteiger partial charge in [-0.25, -0.2) is 9.65 Å². The molecule has 1 aromatic carbocycles. The average molecular weight is 292 g/mol. The molecule has 100 valence electrons. The summed E-state index contributed by atoms with van der Waals surface area (Å²) in [5, 5.41) is 2.41. The minimum absolute atomic E-state index is 0.247. The van der Waals surface area contributed by atoms with E-state index in [1.54, 1.807) is 37.3 Å². The lowest BCUT2D eigenvalue weighted by Gasteiger charge is -2.17. The van der Waals surface area contributed by atoms with Crippen molar-refractivity contribution < 1.29 is 18.6 Å². The summed E-state index contributed by atoms with van der Waals surface area (Å²) in [6, 6.07) is 7.66. The van der Waals surface area contributed by atoms with Gasteiger partial charge < -0.3 is 9.26 Å². The summed E-state index contributed by atoms with van der Waals surface area (Å²) in [5.41, 5.74) is 0. The molecule has 1 aromatic rings. The molecular weight excluding hydrogens is 277 g/mol. The van der Waals surface area contributed by atoms with Crippen molar-refractivity contribution in [1.29, 1.82) is 0 Å². The van der Waals surface area contributed by atoms with E-state index in [9.17, 15) is 9.36 Å². The van der Waals surface area contributed by atoms with Gasteiger partial charge in [0.1, 0.15) is 11.8 Å². The summed E-state index contributed by atoms with van der Waals surface area (Å²) < 4.78 is 21.8. The van der Waals surface area contributed by atoms with E-state index in [4.69, 9.17) is 20.5 Å². The second kappa shape index (κ2) is 6.78. The van der Waals surface area contributed by atoms with Crippen molar-refractivity contribution in [3.63, 3.8) is 0 Å². The lowest BCUT2D eigenvalue weighted by molar-refractivity contribution is -0.144. The molecule has 1 rings (SSSR count). The molecule has 0 bridgehead atoms. The first-order valence-electron chi connectivity index (χ1n) is 5.43. The maximum Gasteiger partial charge on any atom is 0.409 e. The van der Waals surface area contributed by atoms with Gasteiger partial charge in [-0.05, 0) is 26.0 Å². The highest BCUT2D eigenvalue weighted by Gasteiger charge is 2.27. The number of nitrogens with one attached hydrogen (secondary N) is 1. The van der Waals surface area contributed by atoms with Crippen molar-refractivity contribution >= 4 is 24.1 Å². The first-order valence-corrected chi connectivity index (χ1v) is 7.96. The predicted octanol–water partition coefficient (Wildman–Crippen LogP) is 2.95. The lowest BCUT2D eigenvalue weighted by atomic mass is 10.3. The van der Waals surface area contributed by atoms with Crippen LogP contribution in [0.25, 0.3) is 0 Å². The van der Waals surface area contributed by atoms with Gasteiger partial charge in [0, 0.05) is 11.2 Å². The maximum absolute atomic E-state index is 11.9. The molecule has 0 spiro atoms. The van der Waals surface area contributed by atoms with Crippen LogP contribution in [0.4, 0.5) is 0 Å². The Morgan fingerprint density at radius 3 is 2.61 bits per heavy atom. The van der Waals surface area contributed by atoms with Crippen LogP contribution in [0.2, 0.25) is 0 Å². The molecule has 0 aromatic heterocycles. The van der Waals surface area contributed by atoms with E-state index >= 15 is 0 Å². The van der Waals surface area contributed by atoms with Crippen LogP contribution in [0.15, 0.2) is 30.3 Å². The Kier molecular flexibility index (Phi) is 5.66. The van der Waals surface area contributed by atoms with Gasteiger partial charge in [0.05, 0.1) is 6.61 Å². The third kappa shape index (κ3) is 5.08. The van der Waals surface area contributed by atoms with E-state index in [2.05, 4.69) is 5.09 Å². The summed E-state index contributed by atoms with van der Waals surface area (Å²) in [6.45, 7) is -0.192. The summed E-state index contributed by atoms with van der Waals surface area (Å²) in [5.74, 6) is -0.172. The zero-order valence-corrected chi connectivity index (χ0v) is 11.8. The Bertz CT molecular complexity index is 440. The van der Waals surface area contributed by atoms with Gasteiger partial charge in [0.25, 0.3) is 0 Å². The molecule has 0 saturated carbocycles. The molecule has 0 radical (unpaired) electrons. The van der Waals surface area contributed by atoms with E-state index in [1.807, 2.05) is 0 Å². The molecule has 1 N–H and O–H groups in total. The highest BCUT2D eigenvalue weighted by atomic mass is 35.7. The van der Waals surface area contributed by atoms with Crippen molar-refractivity contribution in [2.45, 2.75) is 19.9 Å². The second-order valence-electron chi connectivity index (χ2n) is 3.49. The number of carbonyl (C=O) groups excluding carboxylic acids is 1. The Morgan fingerprint density at radius 1 is 1.44 bits per heavy atom. The number of hydrogen-bond donors (Lipinski definition) is 1. The van der Waals surface area contributed by atoms with E-state index in [0.29, 0.717) is 5.75 Å². The topological polar surface area (TPSA) is 64.6 Å². The van der Waals surface area contributed by atoms with Crippen LogP contribution in [0, 0.1) is 0 Å². The predicted molar refractivity (Wildman–Crippen MR) is 69.8 cm³/mol. The SMILES string of the molecule is CCOC(=O)[C@H](C)N[P@](=O)(Cl)Oc1ccccc1. The van der Waals surface area contributed by atoms with Crippen LogP contribution in [-0.2, 0) is 14.1 Å². The molecule has 2 atom stereocenters. The zero-order valence-electron chi connectivity index (χ0n) is 10.1. The van der Waals surface area contributed by atoms with E-state index in [-0.39, 0.29) is 6.61 Å². The molecule has 0 saturated heterocycles. The van der Waals surface area contributed by atoms with Crippen LogP contribution in [0.5, 0.6) is 5.75 Å². The first-order chi connectivity index (χ1) is 8.44. The van der Waals surface area contributed by atoms with Crippen LogP contribution >= 0.6 is 18.1 Å². The summed E-state index contributed by atoms with van der Waals surface area (Å²) in [4.78, 5) is 11.4. The molecule has 0 heterocycles. The van der Waals surface area contributed by atoms with Crippen molar-refractivity contribution in [2.75, 3.05) is 6.61 Å². The first kappa shape index (κ1) is 15.0. The van der Waals surface area contributed by atoms with Crippen LogP contribution in [0.1, 0.15) is 13.8 Å². The zero-order chi connectivity index (χ0) is 13.6. The van der Waals surface area contributed by atoms with Crippen LogP contribution in [-0.4, -0.2) is 18.6 Å². The number of ether oxygens (including phenoxy) is 1. The molecule has 0 amide bonds. The van der Waals surface area contributed by atoms with Crippen molar-refractivity contribution in [3.8, 4) is 5.75 Å². The average Bonchev–Trinajstić information content (AvgIpc) is 2.29. The Balaban J connectivity index is 2.59. The van der Waals surface area contributed by atoms with Crippen LogP contribution in [0.3, 0.4) is 0 Å². The van der Waals surface area contributed by atoms with Crippen molar-refractivity contribution in [2.24, 2.45) is 0 Å². The van der Waals surface area contributed by atoms with E-state index in [0.717, 1.165) is 0 Å². The fourth-order valence-corrected chi connectivity index (χ4v) is 2.89. The molecule has 0 fully saturated rings. The third-order valence-corrected chi connectivity index (χ3v) is 3.60. The summed E-state index contributed by atoms with van der Waals surface area (Å²) in [7, 11) is 0. The maximum atomic E-state index is 11.9. The number of esters is 1. The van der Waals surface area contributed by atoms with Gasteiger partial charge in [-0.1, -0.05) is 18.2 Å². The van der Waals surface area contributed by atoms with Gasteiger partial charge in [-0.15, -0.1) is 0 Å². The fourth-order valence-electron chi connectivity index (χ4n) is 1.19. The van der Waals surface area contributed by atoms with Gasteiger partial charge >= 0.3 is 12.8 Å². The fraction of sp³-hybridized carbons (Fsp3) is 0.364. The molecule has 5 nitrogen and oxygen atoms in total. The summed E-state index contributed by atoms with van der Waals surface area (Å²) in [6.07, 6.45) is 0. The van der Waals surface area contributed by atoms with E-state index < -0.39 is 18.9 Å². The molecule has 18 heavy (non-hydrogen) atoms. The quantitative estimate of drug-likeness (QED) is 0.645. The van der Waals surface area contributed by atoms with E-state index in [1.165, 1.54) is 6.92 Å². The molecule has 0 aliphatic rings. The second-order valence-corrected chi connectivity index (χ2v) is 6.22. The lowest BCUT2D eigenvalue weighted by Crippen LogP contribution is -2.33. The van der Waals surface area contributed by atoms with Gasteiger partial charge in [-0.3, -0.25) is 4.79 Å². The van der Waals surface area contributed by atoms with Crippen LogP contribution < -0.4 is 9.61 Å². The number of para-hydroxylation sites is 1. The number of halogens is 1. The largest absolute Gasteiger partial charge is 0.465 e. The molecule has 0 aliphatic heterocycles. The number of rotatable bonds is 6. The minimum atomic E-state index is -3.63.